The van der Waals surface area contributed by atoms with Crippen molar-refractivity contribution in [3.05, 3.63) is 11.1 Å². The van der Waals surface area contributed by atoms with Crippen molar-refractivity contribution >= 4 is 27.7 Å². The molecule has 1 aliphatic carbocycles. The second kappa shape index (κ2) is 5.03. The lowest BCUT2D eigenvalue weighted by Gasteiger charge is -2.44. The van der Waals surface area contributed by atoms with Gasteiger partial charge in [0.1, 0.15) is 11.6 Å². The van der Waals surface area contributed by atoms with E-state index in [4.69, 9.17) is 0 Å². The molecule has 5 heteroatoms. The molecule has 4 nitrogen and oxygen atoms in total. The summed E-state index contributed by atoms with van der Waals surface area (Å²) in [6.45, 7) is 6.12. The van der Waals surface area contributed by atoms with Gasteiger partial charge in [-0.15, -0.1) is 0 Å². The van der Waals surface area contributed by atoms with Gasteiger partial charge in [0, 0.05) is 4.48 Å². The molecule has 0 aromatic rings. The van der Waals surface area contributed by atoms with E-state index < -0.39 is 5.54 Å². The van der Waals surface area contributed by atoms with E-state index in [0.717, 1.165) is 30.2 Å². The molecule has 2 fully saturated rings. The summed E-state index contributed by atoms with van der Waals surface area (Å²) in [5.41, 5.74) is -0.634. The van der Waals surface area contributed by atoms with Crippen molar-refractivity contribution in [3.63, 3.8) is 0 Å². The Morgan fingerprint density at radius 3 is 2.61 bits per heavy atom. The molecule has 2 rings (SSSR count). The topological polar surface area (TPSA) is 49.4 Å². The molecule has 0 aromatic heterocycles. The molecule has 1 N–H and O–H groups in total. The van der Waals surface area contributed by atoms with Gasteiger partial charge in [0.05, 0.1) is 6.54 Å². The SMILES string of the molecule is C=C(Br)CN1C(=O)C2(CCCC2)NC(=O)C1CC. The second-order valence-corrected chi connectivity index (χ2v) is 6.27. The zero-order valence-corrected chi connectivity index (χ0v) is 12.3. The summed E-state index contributed by atoms with van der Waals surface area (Å²) < 4.78 is 0.733. The Morgan fingerprint density at radius 2 is 2.11 bits per heavy atom. The van der Waals surface area contributed by atoms with E-state index in [1.807, 2.05) is 6.92 Å². The molecule has 1 atom stereocenters. The molecule has 1 spiro atoms. The molecular weight excluding hydrogens is 296 g/mol. The van der Waals surface area contributed by atoms with Crippen LogP contribution in [0.25, 0.3) is 0 Å². The van der Waals surface area contributed by atoms with Crippen LogP contribution in [0.3, 0.4) is 0 Å². The first kappa shape index (κ1) is 13.6. The van der Waals surface area contributed by atoms with Gasteiger partial charge in [-0.3, -0.25) is 9.59 Å². The molecule has 1 heterocycles. The summed E-state index contributed by atoms with van der Waals surface area (Å²) in [7, 11) is 0. The zero-order chi connectivity index (χ0) is 13.3. The summed E-state index contributed by atoms with van der Waals surface area (Å²) in [6, 6.07) is -0.363. The third-order valence-corrected chi connectivity index (χ3v) is 4.15. The number of nitrogens with zero attached hydrogens (tertiary/aromatic N) is 1. The van der Waals surface area contributed by atoms with Crippen LogP contribution in [-0.4, -0.2) is 34.8 Å². The lowest BCUT2D eigenvalue weighted by molar-refractivity contribution is -0.154. The number of amides is 2. The summed E-state index contributed by atoms with van der Waals surface area (Å²) in [4.78, 5) is 26.5. The Kier molecular flexibility index (Phi) is 3.80. The minimum Gasteiger partial charge on any atom is -0.340 e. The highest BCUT2D eigenvalue weighted by atomic mass is 79.9. The molecule has 1 saturated carbocycles. The Labute approximate surface area is 116 Å². The quantitative estimate of drug-likeness (QED) is 0.865. The third kappa shape index (κ3) is 2.20. The molecule has 2 aliphatic rings. The van der Waals surface area contributed by atoms with Crippen LogP contribution < -0.4 is 5.32 Å². The third-order valence-electron chi connectivity index (χ3n) is 3.90. The van der Waals surface area contributed by atoms with E-state index in [0.29, 0.717) is 13.0 Å². The lowest BCUT2D eigenvalue weighted by atomic mass is 9.90. The van der Waals surface area contributed by atoms with Gasteiger partial charge >= 0.3 is 0 Å². The summed E-state index contributed by atoms with van der Waals surface area (Å²) in [5.74, 6) is 0.0415. The van der Waals surface area contributed by atoms with Crippen molar-refractivity contribution in [2.24, 2.45) is 0 Å². The molecule has 100 valence electrons. The normalized spacial score (nSPS) is 26.6. The maximum atomic E-state index is 12.6. The van der Waals surface area contributed by atoms with Gasteiger partial charge in [-0.1, -0.05) is 42.3 Å². The van der Waals surface area contributed by atoms with Crippen molar-refractivity contribution < 1.29 is 9.59 Å². The first-order valence-corrected chi connectivity index (χ1v) is 7.26. The van der Waals surface area contributed by atoms with E-state index >= 15 is 0 Å². The zero-order valence-electron chi connectivity index (χ0n) is 10.7. The minimum absolute atomic E-state index is 0.0206. The van der Waals surface area contributed by atoms with Crippen LogP contribution in [0.1, 0.15) is 39.0 Å². The Bertz CT molecular complexity index is 388. The standard InChI is InChI=1S/C13H19BrN2O2/c1-3-10-11(17)15-13(6-4-5-7-13)12(18)16(10)8-9(2)14/h10H,2-8H2,1H3,(H,15,17). The van der Waals surface area contributed by atoms with Crippen LogP contribution in [0.4, 0.5) is 0 Å². The summed E-state index contributed by atoms with van der Waals surface area (Å²) in [5, 5.41) is 2.97. The lowest BCUT2D eigenvalue weighted by Crippen LogP contribution is -2.69. The molecule has 2 amide bonds. The predicted octanol–water partition coefficient (Wildman–Crippen LogP) is 1.94. The van der Waals surface area contributed by atoms with Crippen molar-refractivity contribution in [2.75, 3.05) is 6.54 Å². The van der Waals surface area contributed by atoms with Gasteiger partial charge in [-0.25, -0.2) is 0 Å². The average Bonchev–Trinajstić information content (AvgIpc) is 2.75. The van der Waals surface area contributed by atoms with Crippen molar-refractivity contribution in [1.82, 2.24) is 10.2 Å². The highest BCUT2D eigenvalue weighted by Crippen LogP contribution is 2.35. The fourth-order valence-electron chi connectivity index (χ4n) is 3.02. The number of carbonyl (C=O) groups excluding carboxylic acids is 2. The average molecular weight is 315 g/mol. The van der Waals surface area contributed by atoms with Crippen LogP contribution in [0.15, 0.2) is 11.1 Å². The number of rotatable bonds is 3. The van der Waals surface area contributed by atoms with Gasteiger partial charge < -0.3 is 10.2 Å². The monoisotopic (exact) mass is 314 g/mol. The van der Waals surface area contributed by atoms with E-state index in [-0.39, 0.29) is 17.9 Å². The molecule has 18 heavy (non-hydrogen) atoms. The van der Waals surface area contributed by atoms with Crippen molar-refractivity contribution in [2.45, 2.75) is 50.6 Å². The summed E-state index contributed by atoms with van der Waals surface area (Å²) >= 11 is 3.29. The number of carbonyl (C=O) groups is 2. The fraction of sp³-hybridized carbons (Fsp3) is 0.692. The molecule has 0 aromatic carbocycles. The molecular formula is C13H19BrN2O2. The van der Waals surface area contributed by atoms with Crippen molar-refractivity contribution in [3.8, 4) is 0 Å². The van der Waals surface area contributed by atoms with Gasteiger partial charge in [0.15, 0.2) is 0 Å². The Morgan fingerprint density at radius 1 is 1.50 bits per heavy atom. The number of hydrogen-bond donors (Lipinski definition) is 1. The highest BCUT2D eigenvalue weighted by Gasteiger charge is 2.51. The second-order valence-electron chi connectivity index (χ2n) is 5.15. The molecule has 0 bridgehead atoms. The molecule has 1 saturated heterocycles. The fourth-order valence-corrected chi connectivity index (χ4v) is 3.29. The molecule has 1 unspecified atom stereocenters. The highest BCUT2D eigenvalue weighted by molar-refractivity contribution is 9.11. The van der Waals surface area contributed by atoms with Gasteiger partial charge in [0.25, 0.3) is 0 Å². The van der Waals surface area contributed by atoms with Crippen LogP contribution in [0.5, 0.6) is 0 Å². The first-order chi connectivity index (χ1) is 8.50. The number of nitrogens with one attached hydrogen (secondary N) is 1. The van der Waals surface area contributed by atoms with Crippen LogP contribution in [0.2, 0.25) is 0 Å². The van der Waals surface area contributed by atoms with E-state index in [1.54, 1.807) is 4.90 Å². The van der Waals surface area contributed by atoms with Gasteiger partial charge in [-0.05, 0) is 19.3 Å². The van der Waals surface area contributed by atoms with Crippen molar-refractivity contribution in [1.29, 1.82) is 0 Å². The van der Waals surface area contributed by atoms with E-state index in [1.165, 1.54) is 0 Å². The number of piperazine rings is 1. The maximum absolute atomic E-state index is 12.6. The summed E-state index contributed by atoms with van der Waals surface area (Å²) in [6.07, 6.45) is 4.17. The maximum Gasteiger partial charge on any atom is 0.249 e. The Balaban J connectivity index is 2.29. The van der Waals surface area contributed by atoms with E-state index in [2.05, 4.69) is 27.8 Å². The number of halogens is 1. The largest absolute Gasteiger partial charge is 0.340 e. The number of hydrogen-bond acceptors (Lipinski definition) is 2. The van der Waals surface area contributed by atoms with Gasteiger partial charge in [-0.2, -0.15) is 0 Å². The Hall–Kier alpha value is -0.840. The van der Waals surface area contributed by atoms with E-state index in [9.17, 15) is 9.59 Å². The smallest absolute Gasteiger partial charge is 0.249 e. The van der Waals surface area contributed by atoms with Crippen LogP contribution in [-0.2, 0) is 9.59 Å². The van der Waals surface area contributed by atoms with Crippen LogP contribution >= 0.6 is 15.9 Å². The molecule has 1 aliphatic heterocycles. The minimum atomic E-state index is -0.634. The first-order valence-electron chi connectivity index (χ1n) is 6.46. The van der Waals surface area contributed by atoms with Gasteiger partial charge in [0.2, 0.25) is 11.8 Å². The molecule has 0 radical (unpaired) electrons. The van der Waals surface area contributed by atoms with Crippen LogP contribution in [0, 0.1) is 0 Å². The predicted molar refractivity (Wildman–Crippen MR) is 73.2 cm³/mol.